The molecule has 2 heterocycles. The minimum atomic E-state index is -1.87. The predicted molar refractivity (Wildman–Crippen MR) is 450 cm³/mol. The largest absolute Gasteiger partial charge is 0.481 e. The molecule has 0 spiro atoms. The number of aliphatic hydroxyl groups excluding tert-OH is 1. The van der Waals surface area contributed by atoms with E-state index in [1.807, 2.05) is 36.4 Å². The average Bonchev–Trinajstić information content (AvgIpc) is 0.992. The molecule has 8 atom stereocenters. The SMILES string of the molecule is CCCCCCCCCCCCCCCCCC(=O)N[C@@H](CCCCNC(=S)Nc1ccc(-c2c3ccc(=[N+](CC)CC)cc-3oc3cc(N(CC)CC)ccc23)c(C(=O)O)c1)C(=O)N[C@@H](CC(N)=O)C(=O)N1CCC[C@H]1C(=O)N[C@@H](CCC(=O)O)C(=O)N[C@H](C(=O)NCC(=O)N[C@@H](CCC(=O)O)C(=O)N[C@@H](CC(C)C)C(N)=O)[C@@H](C)O. The van der Waals surface area contributed by atoms with Crippen molar-refractivity contribution >= 4 is 117 Å². The number of carboxylic acid groups (broad SMARTS) is 3. The molecule has 2 aromatic carbocycles. The number of primary amides is 2. The van der Waals surface area contributed by atoms with Gasteiger partial charge in [0.2, 0.25) is 64.4 Å². The van der Waals surface area contributed by atoms with E-state index in [0.29, 0.717) is 47.4 Å². The Balaban J connectivity index is 1.29. The number of rotatable bonds is 55. The van der Waals surface area contributed by atoms with Gasteiger partial charge in [0, 0.05) is 85.5 Å². The molecule has 3 aliphatic rings. The van der Waals surface area contributed by atoms with Crippen LogP contribution in [0.3, 0.4) is 0 Å². The highest BCUT2D eigenvalue weighted by molar-refractivity contribution is 7.80. The first-order valence-electron chi connectivity index (χ1n) is 41.7. The number of anilines is 2. The molecule has 10 amide bonds. The highest BCUT2D eigenvalue weighted by Crippen LogP contribution is 2.43. The first kappa shape index (κ1) is 97.3. The lowest BCUT2D eigenvalue weighted by atomic mass is 9.90. The summed E-state index contributed by atoms with van der Waals surface area (Å²) in [5.41, 5.74) is 15.0. The smallest absolute Gasteiger partial charge is 0.336 e. The van der Waals surface area contributed by atoms with Crippen LogP contribution in [-0.2, 0) is 57.5 Å². The van der Waals surface area contributed by atoms with Crippen LogP contribution in [0.25, 0.3) is 33.4 Å². The summed E-state index contributed by atoms with van der Waals surface area (Å²) in [5, 5.41) is 65.8. The van der Waals surface area contributed by atoms with E-state index in [-0.39, 0.29) is 61.8 Å². The molecule has 5 rings (SSSR count). The highest BCUT2D eigenvalue weighted by Gasteiger charge is 2.41. The number of amides is 10. The van der Waals surface area contributed by atoms with Crippen molar-refractivity contribution in [3.63, 3.8) is 0 Å². The van der Waals surface area contributed by atoms with Crippen LogP contribution in [0.1, 0.15) is 239 Å². The number of benzene rings is 3. The number of hydrogen-bond donors (Lipinski definition) is 15. The van der Waals surface area contributed by atoms with E-state index >= 15 is 0 Å². The van der Waals surface area contributed by atoms with Crippen LogP contribution < -0.4 is 74.2 Å². The molecular weight excluding hydrogens is 1530 g/mol. The van der Waals surface area contributed by atoms with E-state index in [1.54, 1.807) is 26.0 Å². The zero-order valence-electron chi connectivity index (χ0n) is 69.3. The second-order valence-electron chi connectivity index (χ2n) is 30.4. The summed E-state index contributed by atoms with van der Waals surface area (Å²) >= 11 is 5.73. The van der Waals surface area contributed by atoms with Crippen molar-refractivity contribution in [2.75, 3.05) is 56.0 Å². The zero-order valence-corrected chi connectivity index (χ0v) is 70.2. The van der Waals surface area contributed by atoms with Gasteiger partial charge in [-0.1, -0.05) is 117 Å². The molecule has 2 aliphatic heterocycles. The van der Waals surface area contributed by atoms with Crippen molar-refractivity contribution in [3.05, 3.63) is 65.5 Å². The number of carbonyl (C=O) groups excluding carboxylic acids is 10. The van der Waals surface area contributed by atoms with Crippen LogP contribution in [0.15, 0.2) is 59.0 Å². The van der Waals surface area contributed by atoms with Crippen LogP contribution >= 0.6 is 12.2 Å². The van der Waals surface area contributed by atoms with Gasteiger partial charge in [-0.25, -0.2) is 9.37 Å². The number of nitrogens with zero attached hydrogens (tertiary/aromatic N) is 3. The molecule has 2 aromatic rings. The van der Waals surface area contributed by atoms with E-state index in [1.165, 1.54) is 63.9 Å². The summed E-state index contributed by atoms with van der Waals surface area (Å²) in [6.45, 7) is 17.5. The number of carbonyl (C=O) groups is 13. The van der Waals surface area contributed by atoms with Crippen molar-refractivity contribution < 1.29 is 87.2 Å². The normalized spacial score (nSPS) is 14.3. The minimum Gasteiger partial charge on any atom is -0.481 e. The summed E-state index contributed by atoms with van der Waals surface area (Å²) in [6.07, 6.45) is 13.1. The van der Waals surface area contributed by atoms with Crippen LogP contribution in [-0.4, -0.2) is 202 Å². The Labute approximate surface area is 691 Å². The highest BCUT2D eigenvalue weighted by atomic mass is 32.1. The van der Waals surface area contributed by atoms with Crippen LogP contribution in [0.4, 0.5) is 11.4 Å². The number of nitrogens with two attached hydrogens (primary N) is 2. The molecule has 646 valence electrons. The van der Waals surface area contributed by atoms with Crippen molar-refractivity contribution in [3.8, 4) is 22.5 Å². The summed E-state index contributed by atoms with van der Waals surface area (Å²) in [4.78, 5) is 176. The topological polar surface area (TPSA) is 486 Å². The number of aromatic carboxylic acids is 1. The maximum atomic E-state index is 14.7. The summed E-state index contributed by atoms with van der Waals surface area (Å²) in [7, 11) is 0. The van der Waals surface area contributed by atoms with Gasteiger partial charge in [-0.2, -0.15) is 0 Å². The van der Waals surface area contributed by atoms with Gasteiger partial charge in [0.1, 0.15) is 66.7 Å². The minimum absolute atomic E-state index is 0.00657. The molecule has 0 saturated carbocycles. The fourth-order valence-electron chi connectivity index (χ4n) is 14.5. The number of hydrogen-bond acceptors (Lipinski definition) is 17. The quantitative estimate of drug-likeness (QED) is 0.00933. The fraction of sp³-hybridized carbons (Fsp3) is 0.607. The molecule has 1 fully saturated rings. The van der Waals surface area contributed by atoms with E-state index < -0.39 is 164 Å². The molecule has 17 N–H and O–H groups in total. The van der Waals surface area contributed by atoms with Crippen LogP contribution in [0.5, 0.6) is 0 Å². The summed E-state index contributed by atoms with van der Waals surface area (Å²) in [6, 6.07) is 6.26. The molecule has 1 saturated heterocycles. The third kappa shape index (κ3) is 32.6. The Kier molecular flexibility index (Phi) is 42.4. The molecule has 32 nitrogen and oxygen atoms in total. The van der Waals surface area contributed by atoms with Crippen LogP contribution in [0, 0.1) is 5.92 Å². The monoisotopic (exact) mass is 1650 g/mol. The van der Waals surface area contributed by atoms with Gasteiger partial charge in [0.05, 0.1) is 30.7 Å². The standard InChI is InChI=1S/C84H126N14O18S/c1-9-14-15-16-17-18-19-20-21-22-23-24-25-26-27-33-70(101)90-61(31-28-29-44-87-84(117)89-54-34-37-57(60(47-54)83(114)115)74-58-38-35-55(96(10-2)11-3)48-67(58)116-68-49-56(36-39-59(68)74)97(12-4)13-5)77(108)94-65(50-69(85)100)82(113)98-45-30-32-66(98)80(111)92-63(41-43-73(105)106)79(110)95-75(53(8)99)81(112)88-51-71(102)91-62(40-42-72(103)104)78(109)93-64(76(86)107)46-52(6)7/h34-39,47-49,52-53,61-66,75,99H,9-33,40-46,50-51H2,1-8H3,(H15,85,86,87,88,90,91,92,93,94,95,100,101,102,103,104,105,106,107,108,109,110,111,112,114,115,117)/p+1/t53-,61+,62+,63+,64+,65+,66+,75+/m1/s1. The first-order chi connectivity index (χ1) is 55.8. The molecular formula is C84H127N14O18S+. The average molecular weight is 1650 g/mol. The molecule has 0 bridgehead atoms. The number of carboxylic acids is 3. The van der Waals surface area contributed by atoms with Gasteiger partial charge in [-0.3, -0.25) is 57.5 Å². The maximum Gasteiger partial charge on any atom is 0.336 e. The Hall–Kier alpha value is -10.3. The number of unbranched alkanes of at least 4 members (excludes halogenated alkanes) is 15. The predicted octanol–water partition coefficient (Wildman–Crippen LogP) is 6.81. The van der Waals surface area contributed by atoms with E-state index in [2.05, 4.69) is 91.9 Å². The van der Waals surface area contributed by atoms with Gasteiger partial charge in [0.25, 0.3) is 0 Å². The van der Waals surface area contributed by atoms with Gasteiger partial charge in [-0.05, 0) is 146 Å². The number of thiocarbonyl (C=S) groups is 1. The van der Waals surface area contributed by atoms with Crippen molar-refractivity contribution in [1.82, 2.24) is 52.0 Å². The molecule has 0 aromatic heterocycles. The Morgan fingerprint density at radius 1 is 0.590 bits per heavy atom. The Bertz CT molecular complexity index is 4070. The van der Waals surface area contributed by atoms with Crippen molar-refractivity contribution in [2.45, 2.75) is 277 Å². The number of fused-ring (bicyclic) bond motifs is 2. The third-order valence-electron chi connectivity index (χ3n) is 20.9. The maximum absolute atomic E-state index is 14.7. The number of nitrogens with one attached hydrogen (secondary N) is 9. The summed E-state index contributed by atoms with van der Waals surface area (Å²) in [5.74, 6) is -12.8. The molecule has 1 aliphatic carbocycles. The molecule has 117 heavy (non-hydrogen) atoms. The van der Waals surface area contributed by atoms with Gasteiger partial charge in [0.15, 0.2) is 5.11 Å². The number of likely N-dealkylation sites (tertiary alicyclic amines) is 1. The second kappa shape index (κ2) is 51.0. The third-order valence-corrected chi connectivity index (χ3v) is 21.1. The lowest BCUT2D eigenvalue weighted by Crippen LogP contribution is -2.60. The van der Waals surface area contributed by atoms with Crippen molar-refractivity contribution in [1.29, 1.82) is 0 Å². The molecule has 0 radical (unpaired) electrons. The van der Waals surface area contributed by atoms with Gasteiger partial charge in [-0.15, -0.1) is 0 Å². The lowest BCUT2D eigenvalue weighted by Gasteiger charge is -2.30. The first-order valence-corrected chi connectivity index (χ1v) is 42.1. The zero-order chi connectivity index (χ0) is 86.3. The van der Waals surface area contributed by atoms with Crippen LogP contribution in [0.2, 0.25) is 0 Å². The molecule has 33 heteroatoms. The Morgan fingerprint density at radius 3 is 1.71 bits per heavy atom. The molecule has 0 unspecified atom stereocenters. The van der Waals surface area contributed by atoms with E-state index in [0.717, 1.165) is 92.1 Å². The second-order valence-corrected chi connectivity index (χ2v) is 30.9. The number of aliphatic hydroxyl groups is 1. The van der Waals surface area contributed by atoms with E-state index in [9.17, 15) is 82.8 Å². The van der Waals surface area contributed by atoms with Gasteiger partial charge < -0.3 is 94.0 Å². The van der Waals surface area contributed by atoms with Gasteiger partial charge >= 0.3 is 17.9 Å². The Morgan fingerprint density at radius 2 is 1.15 bits per heavy atom. The lowest BCUT2D eigenvalue weighted by molar-refractivity contribution is -0.143. The van der Waals surface area contributed by atoms with E-state index in [4.69, 9.17) is 28.1 Å². The fourth-order valence-corrected chi connectivity index (χ4v) is 14.7. The van der Waals surface area contributed by atoms with Crippen molar-refractivity contribution in [2.24, 2.45) is 17.4 Å². The number of aliphatic carboxylic acids is 2. The summed E-state index contributed by atoms with van der Waals surface area (Å²) < 4.78 is 8.85.